The first-order chi connectivity index (χ1) is 8.94. The quantitative estimate of drug-likeness (QED) is 0.888. The highest BCUT2D eigenvalue weighted by molar-refractivity contribution is 5.86. The Bertz CT molecular complexity index is 554. The van der Waals surface area contributed by atoms with Crippen LogP contribution in [0.15, 0.2) is 34.7 Å². The summed E-state index contributed by atoms with van der Waals surface area (Å²) in [6.45, 7) is 5.51. The lowest BCUT2D eigenvalue weighted by atomic mass is 9.99. The molecule has 4 heteroatoms. The number of amides is 1. The molecule has 102 valence electrons. The molecule has 3 N–H and O–H groups in total. The van der Waals surface area contributed by atoms with Gasteiger partial charge in [0.1, 0.15) is 11.3 Å². The normalized spacial score (nSPS) is 16.0. The van der Waals surface area contributed by atoms with Crippen LogP contribution in [0.5, 0.6) is 0 Å². The highest BCUT2D eigenvalue weighted by Gasteiger charge is 2.27. The number of para-hydroxylation sites is 1. The predicted octanol–water partition coefficient (Wildman–Crippen LogP) is 2.74. The zero-order valence-electron chi connectivity index (χ0n) is 11.6. The van der Waals surface area contributed by atoms with E-state index < -0.39 is 5.54 Å². The number of carbonyl (C=O) groups excluding carboxylic acids is 1. The second kappa shape index (κ2) is 5.05. The number of rotatable bonds is 4. The first-order valence-corrected chi connectivity index (χ1v) is 6.52. The monoisotopic (exact) mass is 260 g/mol. The van der Waals surface area contributed by atoms with Crippen molar-refractivity contribution in [1.29, 1.82) is 0 Å². The number of hydrogen-bond donors (Lipinski definition) is 2. The van der Waals surface area contributed by atoms with E-state index in [1.54, 1.807) is 6.92 Å². The van der Waals surface area contributed by atoms with Gasteiger partial charge in [0, 0.05) is 5.39 Å². The van der Waals surface area contributed by atoms with Crippen molar-refractivity contribution in [2.24, 2.45) is 5.73 Å². The van der Waals surface area contributed by atoms with Gasteiger partial charge in [-0.05, 0) is 32.4 Å². The summed E-state index contributed by atoms with van der Waals surface area (Å²) in [7, 11) is 0. The molecule has 1 aromatic carbocycles. The van der Waals surface area contributed by atoms with Crippen molar-refractivity contribution in [1.82, 2.24) is 5.32 Å². The van der Waals surface area contributed by atoms with Gasteiger partial charge < -0.3 is 15.5 Å². The lowest BCUT2D eigenvalue weighted by Gasteiger charge is -2.23. The zero-order valence-corrected chi connectivity index (χ0v) is 11.6. The first-order valence-electron chi connectivity index (χ1n) is 6.52. The van der Waals surface area contributed by atoms with Crippen LogP contribution in [0.3, 0.4) is 0 Å². The van der Waals surface area contributed by atoms with E-state index in [1.807, 2.05) is 44.2 Å². The summed E-state index contributed by atoms with van der Waals surface area (Å²) >= 11 is 0. The molecule has 0 aliphatic heterocycles. The molecule has 2 rings (SSSR count). The van der Waals surface area contributed by atoms with Gasteiger partial charge in [0.2, 0.25) is 5.91 Å². The minimum Gasteiger partial charge on any atom is -0.459 e. The molecule has 0 fully saturated rings. The molecular formula is C15H20N2O2. The highest BCUT2D eigenvalue weighted by Crippen LogP contribution is 2.23. The molecule has 19 heavy (non-hydrogen) atoms. The number of nitrogens with two attached hydrogens (primary N) is 1. The van der Waals surface area contributed by atoms with Crippen molar-refractivity contribution in [3.63, 3.8) is 0 Å². The fourth-order valence-corrected chi connectivity index (χ4v) is 1.81. The van der Waals surface area contributed by atoms with E-state index in [1.165, 1.54) is 0 Å². The van der Waals surface area contributed by atoms with Crippen LogP contribution in [0.4, 0.5) is 0 Å². The van der Waals surface area contributed by atoms with Gasteiger partial charge in [0.05, 0.1) is 11.6 Å². The number of benzene rings is 1. The number of hydrogen-bond acceptors (Lipinski definition) is 3. The average molecular weight is 260 g/mol. The number of nitrogens with one attached hydrogen (secondary N) is 1. The smallest absolute Gasteiger partial charge is 0.240 e. The predicted molar refractivity (Wildman–Crippen MR) is 75.7 cm³/mol. The molecular weight excluding hydrogens is 240 g/mol. The number of carbonyl (C=O) groups is 1. The maximum atomic E-state index is 12.0. The highest BCUT2D eigenvalue weighted by atomic mass is 16.3. The van der Waals surface area contributed by atoms with Crippen molar-refractivity contribution in [3.8, 4) is 0 Å². The molecule has 0 saturated carbocycles. The molecule has 0 bridgehead atoms. The van der Waals surface area contributed by atoms with Gasteiger partial charge in [0.15, 0.2) is 0 Å². The molecule has 2 atom stereocenters. The van der Waals surface area contributed by atoms with E-state index in [0.29, 0.717) is 6.42 Å². The van der Waals surface area contributed by atoms with Crippen molar-refractivity contribution in [2.75, 3.05) is 0 Å². The Kier molecular flexibility index (Phi) is 3.62. The zero-order chi connectivity index (χ0) is 14.0. The summed E-state index contributed by atoms with van der Waals surface area (Å²) in [5.41, 5.74) is 5.90. The standard InChI is InChI=1S/C15H20N2O2/c1-4-15(3,16)14(18)17-10(2)13-9-11-7-5-6-8-12(11)19-13/h5-10H,4,16H2,1-3H3,(H,17,18). The molecule has 0 aliphatic rings. The minimum absolute atomic E-state index is 0.164. The largest absolute Gasteiger partial charge is 0.459 e. The molecule has 2 aromatic rings. The summed E-state index contributed by atoms with van der Waals surface area (Å²) in [5.74, 6) is 0.574. The molecule has 1 heterocycles. The third kappa shape index (κ3) is 2.79. The van der Waals surface area contributed by atoms with Gasteiger partial charge in [-0.1, -0.05) is 25.1 Å². The average Bonchev–Trinajstić information content (AvgIpc) is 2.82. The van der Waals surface area contributed by atoms with Crippen LogP contribution in [0.2, 0.25) is 0 Å². The van der Waals surface area contributed by atoms with Crippen molar-refractivity contribution >= 4 is 16.9 Å². The van der Waals surface area contributed by atoms with E-state index in [-0.39, 0.29) is 11.9 Å². The van der Waals surface area contributed by atoms with Gasteiger partial charge >= 0.3 is 0 Å². The molecule has 2 unspecified atom stereocenters. The number of fused-ring (bicyclic) bond motifs is 1. The maximum absolute atomic E-state index is 12.0. The molecule has 0 spiro atoms. The van der Waals surface area contributed by atoms with Crippen LogP contribution < -0.4 is 11.1 Å². The Morgan fingerprint density at radius 2 is 2.16 bits per heavy atom. The third-order valence-electron chi connectivity index (χ3n) is 3.47. The first kappa shape index (κ1) is 13.6. The topological polar surface area (TPSA) is 68.3 Å². The molecule has 0 radical (unpaired) electrons. The summed E-state index contributed by atoms with van der Waals surface area (Å²) in [4.78, 5) is 12.0. The van der Waals surface area contributed by atoms with Crippen molar-refractivity contribution < 1.29 is 9.21 Å². The van der Waals surface area contributed by atoms with Gasteiger partial charge in [0.25, 0.3) is 0 Å². The fourth-order valence-electron chi connectivity index (χ4n) is 1.81. The SMILES string of the molecule is CCC(C)(N)C(=O)NC(C)c1cc2ccccc2o1. The Hall–Kier alpha value is -1.81. The van der Waals surface area contributed by atoms with Gasteiger partial charge in [-0.15, -0.1) is 0 Å². The molecule has 1 aromatic heterocycles. The van der Waals surface area contributed by atoms with Crippen LogP contribution in [-0.4, -0.2) is 11.4 Å². The Morgan fingerprint density at radius 1 is 1.47 bits per heavy atom. The van der Waals surface area contributed by atoms with Gasteiger partial charge in [-0.25, -0.2) is 0 Å². The van der Waals surface area contributed by atoms with Crippen molar-refractivity contribution in [2.45, 2.75) is 38.8 Å². The summed E-state index contributed by atoms with van der Waals surface area (Å²) in [5, 5.41) is 3.92. The lowest BCUT2D eigenvalue weighted by Crippen LogP contribution is -2.51. The van der Waals surface area contributed by atoms with E-state index in [9.17, 15) is 4.79 Å². The second-order valence-electron chi connectivity index (χ2n) is 5.15. The van der Waals surface area contributed by atoms with E-state index in [4.69, 9.17) is 10.2 Å². The minimum atomic E-state index is -0.847. The van der Waals surface area contributed by atoms with Crippen molar-refractivity contribution in [3.05, 3.63) is 36.1 Å². The molecule has 0 aliphatic carbocycles. The van der Waals surface area contributed by atoms with Gasteiger partial charge in [-0.2, -0.15) is 0 Å². The van der Waals surface area contributed by atoms with Crippen LogP contribution in [0.25, 0.3) is 11.0 Å². The Labute approximate surface area is 113 Å². The summed E-state index contributed by atoms with van der Waals surface area (Å²) in [6, 6.07) is 9.52. The molecule has 0 saturated heterocycles. The third-order valence-corrected chi connectivity index (χ3v) is 3.47. The molecule has 1 amide bonds. The van der Waals surface area contributed by atoms with E-state index in [0.717, 1.165) is 16.7 Å². The van der Waals surface area contributed by atoms with E-state index in [2.05, 4.69) is 5.32 Å². The maximum Gasteiger partial charge on any atom is 0.240 e. The Balaban J connectivity index is 2.16. The lowest BCUT2D eigenvalue weighted by molar-refractivity contribution is -0.126. The van der Waals surface area contributed by atoms with Crippen LogP contribution >= 0.6 is 0 Å². The summed E-state index contributed by atoms with van der Waals surface area (Å²) < 4.78 is 5.72. The second-order valence-corrected chi connectivity index (χ2v) is 5.15. The fraction of sp³-hybridized carbons (Fsp3) is 0.400. The molecule has 4 nitrogen and oxygen atoms in total. The van der Waals surface area contributed by atoms with Gasteiger partial charge in [-0.3, -0.25) is 4.79 Å². The van der Waals surface area contributed by atoms with E-state index >= 15 is 0 Å². The van der Waals surface area contributed by atoms with Crippen LogP contribution in [0, 0.1) is 0 Å². The Morgan fingerprint density at radius 3 is 2.79 bits per heavy atom. The summed E-state index contributed by atoms with van der Waals surface area (Å²) in [6.07, 6.45) is 0.589. The van der Waals surface area contributed by atoms with Crippen LogP contribution in [-0.2, 0) is 4.79 Å². The van der Waals surface area contributed by atoms with Crippen LogP contribution in [0.1, 0.15) is 39.0 Å². The number of furan rings is 1.